The SMILES string of the molecule is CCC(C)C(NC(=O)C(Cc1ccccc1)NC(=O)C(CO)NC(=O)C(N)Cc1ccc(O)cc1)C(=O)O. The highest BCUT2D eigenvalue weighted by molar-refractivity contribution is 5.94. The van der Waals surface area contributed by atoms with Gasteiger partial charge in [0.1, 0.15) is 23.9 Å². The van der Waals surface area contributed by atoms with Gasteiger partial charge in [-0.05, 0) is 35.6 Å². The Labute approximate surface area is 221 Å². The highest BCUT2D eigenvalue weighted by Gasteiger charge is 2.32. The molecule has 0 saturated carbocycles. The summed E-state index contributed by atoms with van der Waals surface area (Å²) in [5, 5.41) is 36.2. The molecule has 0 aliphatic heterocycles. The Bertz CT molecular complexity index is 1080. The maximum atomic E-state index is 13.1. The molecule has 0 bridgehead atoms. The second-order valence-electron chi connectivity index (χ2n) is 9.18. The van der Waals surface area contributed by atoms with E-state index in [1.165, 1.54) is 12.1 Å². The van der Waals surface area contributed by atoms with Crippen molar-refractivity contribution in [2.24, 2.45) is 11.7 Å². The average molecular weight is 529 g/mol. The zero-order chi connectivity index (χ0) is 28.2. The average Bonchev–Trinajstić information content (AvgIpc) is 2.90. The summed E-state index contributed by atoms with van der Waals surface area (Å²) in [6, 6.07) is 10.2. The second-order valence-corrected chi connectivity index (χ2v) is 9.18. The van der Waals surface area contributed by atoms with Gasteiger partial charge >= 0.3 is 5.97 Å². The fraction of sp³-hybridized carbons (Fsp3) is 0.407. The predicted molar refractivity (Wildman–Crippen MR) is 140 cm³/mol. The number of carboxylic acid groups (broad SMARTS) is 1. The largest absolute Gasteiger partial charge is 0.508 e. The second kappa shape index (κ2) is 14.7. The van der Waals surface area contributed by atoms with Crippen LogP contribution in [0.4, 0.5) is 0 Å². The summed E-state index contributed by atoms with van der Waals surface area (Å²) in [4.78, 5) is 50.4. The van der Waals surface area contributed by atoms with Gasteiger partial charge in [0.2, 0.25) is 17.7 Å². The Morgan fingerprint density at radius 3 is 1.92 bits per heavy atom. The van der Waals surface area contributed by atoms with E-state index in [9.17, 15) is 34.5 Å². The van der Waals surface area contributed by atoms with E-state index < -0.39 is 54.5 Å². The van der Waals surface area contributed by atoms with E-state index in [1.807, 2.05) is 0 Å². The lowest BCUT2D eigenvalue weighted by molar-refractivity contribution is -0.143. The summed E-state index contributed by atoms with van der Waals surface area (Å²) in [5.41, 5.74) is 7.36. The first-order chi connectivity index (χ1) is 18.0. The first-order valence-electron chi connectivity index (χ1n) is 12.4. The Morgan fingerprint density at radius 1 is 0.816 bits per heavy atom. The van der Waals surface area contributed by atoms with Gasteiger partial charge in [0, 0.05) is 6.42 Å². The van der Waals surface area contributed by atoms with Crippen molar-refractivity contribution < 1.29 is 34.5 Å². The molecule has 2 aromatic rings. The zero-order valence-electron chi connectivity index (χ0n) is 21.5. The number of benzene rings is 2. The third kappa shape index (κ3) is 9.16. The van der Waals surface area contributed by atoms with Gasteiger partial charge in [-0.1, -0.05) is 62.7 Å². The summed E-state index contributed by atoms with van der Waals surface area (Å²) in [5.74, 6) is -3.72. The molecule has 3 amide bonds. The molecule has 11 nitrogen and oxygen atoms in total. The summed E-state index contributed by atoms with van der Waals surface area (Å²) in [7, 11) is 0. The van der Waals surface area contributed by atoms with Crippen molar-refractivity contribution in [1.82, 2.24) is 16.0 Å². The first kappa shape index (κ1) is 30.3. The molecule has 2 aromatic carbocycles. The van der Waals surface area contributed by atoms with Gasteiger partial charge in [0.05, 0.1) is 12.6 Å². The first-order valence-corrected chi connectivity index (χ1v) is 12.4. The molecule has 0 aliphatic carbocycles. The fourth-order valence-corrected chi connectivity index (χ4v) is 3.72. The number of nitrogens with one attached hydrogen (secondary N) is 3. The number of carbonyl (C=O) groups excluding carboxylic acids is 3. The van der Waals surface area contributed by atoms with Crippen LogP contribution in [0.2, 0.25) is 0 Å². The van der Waals surface area contributed by atoms with E-state index in [1.54, 1.807) is 56.3 Å². The molecule has 5 unspecified atom stereocenters. The highest BCUT2D eigenvalue weighted by atomic mass is 16.4. The number of phenolic OH excluding ortho intramolecular Hbond substituents is 1. The molecule has 38 heavy (non-hydrogen) atoms. The van der Waals surface area contributed by atoms with E-state index in [4.69, 9.17) is 5.73 Å². The molecular weight excluding hydrogens is 492 g/mol. The molecule has 11 heteroatoms. The molecule has 0 heterocycles. The van der Waals surface area contributed by atoms with Crippen molar-refractivity contribution in [3.63, 3.8) is 0 Å². The lowest BCUT2D eigenvalue weighted by atomic mass is 9.98. The molecule has 8 N–H and O–H groups in total. The maximum Gasteiger partial charge on any atom is 0.326 e. The Hall–Kier alpha value is -3.96. The van der Waals surface area contributed by atoms with Crippen LogP contribution in [0.3, 0.4) is 0 Å². The summed E-state index contributed by atoms with van der Waals surface area (Å²) < 4.78 is 0. The number of aliphatic hydroxyl groups excluding tert-OH is 1. The van der Waals surface area contributed by atoms with E-state index in [0.29, 0.717) is 17.5 Å². The van der Waals surface area contributed by atoms with Crippen molar-refractivity contribution in [3.05, 3.63) is 65.7 Å². The lowest BCUT2D eigenvalue weighted by Gasteiger charge is -2.26. The fourth-order valence-electron chi connectivity index (χ4n) is 3.72. The number of carbonyl (C=O) groups is 4. The van der Waals surface area contributed by atoms with Gasteiger partial charge in [-0.2, -0.15) is 0 Å². The molecule has 206 valence electrons. The topological polar surface area (TPSA) is 191 Å². The Kier molecular flexibility index (Phi) is 11.7. The molecule has 2 rings (SSSR count). The van der Waals surface area contributed by atoms with E-state index >= 15 is 0 Å². The number of phenols is 1. The van der Waals surface area contributed by atoms with E-state index in [0.717, 1.165) is 0 Å². The lowest BCUT2D eigenvalue weighted by Crippen LogP contribution is -2.59. The predicted octanol–water partition coefficient (Wildman–Crippen LogP) is 0.0821. The van der Waals surface area contributed by atoms with Gasteiger partial charge in [-0.15, -0.1) is 0 Å². The number of hydrogen-bond donors (Lipinski definition) is 7. The molecule has 5 atom stereocenters. The van der Waals surface area contributed by atoms with Crippen LogP contribution in [0.25, 0.3) is 0 Å². The van der Waals surface area contributed by atoms with Crippen LogP contribution < -0.4 is 21.7 Å². The number of aliphatic hydroxyl groups is 1. The molecule has 0 saturated heterocycles. The van der Waals surface area contributed by atoms with Crippen LogP contribution in [0.1, 0.15) is 31.4 Å². The monoisotopic (exact) mass is 528 g/mol. The van der Waals surface area contributed by atoms with Crippen LogP contribution in [0, 0.1) is 5.92 Å². The van der Waals surface area contributed by atoms with Gasteiger partial charge in [-0.3, -0.25) is 14.4 Å². The standard InChI is InChI=1S/C27H36N4O7/c1-3-16(2)23(27(37)38)31-25(35)21(14-17-7-5-4-6-8-17)29-26(36)22(15-32)30-24(34)20(28)13-18-9-11-19(33)12-10-18/h4-12,16,20-23,32-33H,3,13-15,28H2,1-2H3,(H,29,36)(H,30,34)(H,31,35)(H,37,38). The molecular formula is C27H36N4O7. The van der Waals surface area contributed by atoms with Crippen LogP contribution in [-0.4, -0.2) is 69.8 Å². The summed E-state index contributed by atoms with van der Waals surface area (Å²) in [6.45, 7) is 2.74. The third-order valence-electron chi connectivity index (χ3n) is 6.24. The van der Waals surface area contributed by atoms with Crippen LogP contribution in [-0.2, 0) is 32.0 Å². The number of nitrogens with two attached hydrogens (primary N) is 1. The molecule has 0 aliphatic rings. The number of rotatable bonds is 14. The normalized spacial score (nSPS) is 14.8. The van der Waals surface area contributed by atoms with Gasteiger partial charge in [-0.25, -0.2) is 4.79 Å². The minimum Gasteiger partial charge on any atom is -0.508 e. The number of hydrogen-bond acceptors (Lipinski definition) is 7. The Balaban J connectivity index is 2.13. The van der Waals surface area contributed by atoms with Gasteiger partial charge < -0.3 is 37.0 Å². The van der Waals surface area contributed by atoms with Crippen molar-refractivity contribution in [3.8, 4) is 5.75 Å². The van der Waals surface area contributed by atoms with E-state index in [2.05, 4.69) is 16.0 Å². The van der Waals surface area contributed by atoms with Gasteiger partial charge in [0.15, 0.2) is 0 Å². The molecule has 0 fully saturated rings. The minimum atomic E-state index is -1.40. The third-order valence-corrected chi connectivity index (χ3v) is 6.24. The van der Waals surface area contributed by atoms with Crippen molar-refractivity contribution in [1.29, 1.82) is 0 Å². The van der Waals surface area contributed by atoms with Crippen molar-refractivity contribution in [2.45, 2.75) is 57.3 Å². The smallest absolute Gasteiger partial charge is 0.326 e. The minimum absolute atomic E-state index is 0.0533. The molecule has 0 aromatic heterocycles. The van der Waals surface area contributed by atoms with Crippen LogP contribution in [0.15, 0.2) is 54.6 Å². The number of aliphatic carboxylic acids is 1. The molecule has 0 radical (unpaired) electrons. The quantitative estimate of drug-likeness (QED) is 0.179. The maximum absolute atomic E-state index is 13.1. The number of aromatic hydroxyl groups is 1. The summed E-state index contributed by atoms with van der Waals surface area (Å²) >= 11 is 0. The van der Waals surface area contributed by atoms with Crippen molar-refractivity contribution >= 4 is 23.7 Å². The van der Waals surface area contributed by atoms with Gasteiger partial charge in [0.25, 0.3) is 0 Å². The molecule has 0 spiro atoms. The van der Waals surface area contributed by atoms with Crippen LogP contribution in [0.5, 0.6) is 5.75 Å². The van der Waals surface area contributed by atoms with Crippen molar-refractivity contribution in [2.75, 3.05) is 6.61 Å². The zero-order valence-corrected chi connectivity index (χ0v) is 21.5. The van der Waals surface area contributed by atoms with E-state index in [-0.39, 0.29) is 24.5 Å². The Morgan fingerprint density at radius 2 is 1.37 bits per heavy atom. The summed E-state index contributed by atoms with van der Waals surface area (Å²) in [6.07, 6.45) is 0.685. The highest BCUT2D eigenvalue weighted by Crippen LogP contribution is 2.12. The number of carboxylic acids is 1. The van der Waals surface area contributed by atoms with Crippen LogP contribution >= 0.6 is 0 Å². The number of amides is 3.